The second kappa shape index (κ2) is 5.13. The third-order valence-electron chi connectivity index (χ3n) is 2.31. The van der Waals surface area contributed by atoms with Crippen LogP contribution in [-0.2, 0) is 11.8 Å². The second-order valence-corrected chi connectivity index (χ2v) is 3.70. The molecule has 0 fully saturated rings. The molecule has 0 aliphatic carbocycles. The molecule has 0 aliphatic rings. The molecule has 1 aromatic heterocycles. The van der Waals surface area contributed by atoms with E-state index >= 15 is 0 Å². The maximum atomic E-state index is 11.6. The highest BCUT2D eigenvalue weighted by Crippen LogP contribution is 2.07. The number of nitrogens with two attached hydrogens (primary N) is 1. The lowest BCUT2D eigenvalue weighted by Crippen LogP contribution is -2.12. The van der Waals surface area contributed by atoms with Crippen LogP contribution in [0.4, 0.5) is 11.6 Å². The van der Waals surface area contributed by atoms with Gasteiger partial charge in [0.25, 0.3) is 5.91 Å². The van der Waals surface area contributed by atoms with Crippen molar-refractivity contribution in [2.45, 2.75) is 0 Å². The second-order valence-electron chi connectivity index (χ2n) is 3.70. The number of rotatable bonds is 3. The van der Waals surface area contributed by atoms with Gasteiger partial charge in [-0.1, -0.05) is 12.1 Å². The summed E-state index contributed by atoms with van der Waals surface area (Å²) >= 11 is 0. The van der Waals surface area contributed by atoms with Crippen molar-refractivity contribution < 1.29 is 4.79 Å². The topological polar surface area (TPSA) is 85.8 Å². The third-order valence-corrected chi connectivity index (χ3v) is 2.31. The lowest BCUT2D eigenvalue weighted by molar-refractivity contribution is -0.111. The van der Waals surface area contributed by atoms with Crippen molar-refractivity contribution in [3.63, 3.8) is 0 Å². The molecule has 92 valence electrons. The number of nitrogens with zero attached hydrogens (tertiary/aromatic N) is 3. The first-order valence-corrected chi connectivity index (χ1v) is 5.34. The first kappa shape index (κ1) is 11.8. The zero-order valence-corrected chi connectivity index (χ0v) is 9.87. The van der Waals surface area contributed by atoms with E-state index in [2.05, 4.69) is 15.4 Å². The molecule has 0 unspecified atom stereocenters. The summed E-state index contributed by atoms with van der Waals surface area (Å²) in [5.74, 6) is 0.143. The van der Waals surface area contributed by atoms with Crippen LogP contribution in [0, 0.1) is 0 Å². The Kier molecular flexibility index (Phi) is 3.38. The van der Waals surface area contributed by atoms with Crippen LogP contribution in [0.1, 0.15) is 5.56 Å². The Hall–Kier alpha value is -2.63. The zero-order valence-electron chi connectivity index (χ0n) is 9.87. The van der Waals surface area contributed by atoms with Crippen LogP contribution in [0.25, 0.3) is 6.08 Å². The van der Waals surface area contributed by atoms with E-state index < -0.39 is 0 Å². The number of carbonyl (C=O) groups is 1. The van der Waals surface area contributed by atoms with Gasteiger partial charge in [0.1, 0.15) is 6.33 Å². The van der Waals surface area contributed by atoms with Crippen LogP contribution >= 0.6 is 0 Å². The van der Waals surface area contributed by atoms with Crippen molar-refractivity contribution in [3.05, 3.63) is 42.2 Å². The predicted octanol–water partition coefficient (Wildman–Crippen LogP) is 1.05. The van der Waals surface area contributed by atoms with Gasteiger partial charge in [-0.15, -0.1) is 0 Å². The van der Waals surface area contributed by atoms with Gasteiger partial charge in [0.05, 0.1) is 0 Å². The minimum Gasteiger partial charge on any atom is -0.399 e. The number of carbonyl (C=O) groups excluding carboxylic acids is 1. The number of hydrogen-bond acceptors (Lipinski definition) is 4. The molecule has 2 rings (SSSR count). The maximum Gasteiger partial charge on any atom is 0.250 e. The van der Waals surface area contributed by atoms with Crippen LogP contribution in [0.3, 0.4) is 0 Å². The van der Waals surface area contributed by atoms with E-state index in [-0.39, 0.29) is 5.91 Å². The highest BCUT2D eigenvalue weighted by Gasteiger charge is 2.02. The molecule has 0 spiro atoms. The average Bonchev–Trinajstić information content (AvgIpc) is 2.74. The predicted molar refractivity (Wildman–Crippen MR) is 69.5 cm³/mol. The van der Waals surface area contributed by atoms with E-state index in [4.69, 9.17) is 5.73 Å². The van der Waals surface area contributed by atoms with Crippen molar-refractivity contribution in [1.82, 2.24) is 14.8 Å². The van der Waals surface area contributed by atoms with Gasteiger partial charge in [-0.3, -0.25) is 10.1 Å². The van der Waals surface area contributed by atoms with Gasteiger partial charge >= 0.3 is 0 Å². The summed E-state index contributed by atoms with van der Waals surface area (Å²) in [6.07, 6.45) is 4.50. The molecule has 0 bridgehead atoms. The number of nitrogens with one attached hydrogen (secondary N) is 1. The fraction of sp³-hybridized carbons (Fsp3) is 0.0833. The van der Waals surface area contributed by atoms with E-state index in [9.17, 15) is 4.79 Å². The first-order chi connectivity index (χ1) is 8.65. The monoisotopic (exact) mass is 243 g/mol. The average molecular weight is 243 g/mol. The van der Waals surface area contributed by atoms with E-state index in [1.165, 1.54) is 17.1 Å². The Morgan fingerprint density at radius 3 is 2.72 bits per heavy atom. The number of nitrogen functional groups attached to an aromatic ring is 1. The van der Waals surface area contributed by atoms with Crippen LogP contribution in [0.5, 0.6) is 0 Å². The molecule has 1 amide bonds. The van der Waals surface area contributed by atoms with Crippen molar-refractivity contribution >= 4 is 23.6 Å². The number of hydrogen-bond donors (Lipinski definition) is 2. The molecule has 6 heteroatoms. The SMILES string of the molecule is Cn1ncnc1NC(=O)/C=C/c1ccc(N)cc1. The number of benzene rings is 1. The van der Waals surface area contributed by atoms with Gasteiger partial charge < -0.3 is 5.73 Å². The zero-order chi connectivity index (χ0) is 13.0. The normalized spacial score (nSPS) is 10.7. The van der Waals surface area contributed by atoms with E-state index in [0.717, 1.165) is 5.56 Å². The molecule has 18 heavy (non-hydrogen) atoms. The number of amides is 1. The van der Waals surface area contributed by atoms with E-state index in [1.54, 1.807) is 25.3 Å². The molecule has 3 N–H and O–H groups in total. The smallest absolute Gasteiger partial charge is 0.250 e. The molecular weight excluding hydrogens is 230 g/mol. The summed E-state index contributed by atoms with van der Waals surface area (Å²) < 4.78 is 1.48. The molecule has 1 heterocycles. The highest BCUT2D eigenvalue weighted by atomic mass is 16.1. The van der Waals surface area contributed by atoms with Gasteiger partial charge in [0.15, 0.2) is 0 Å². The summed E-state index contributed by atoms with van der Waals surface area (Å²) in [4.78, 5) is 15.5. The molecule has 0 atom stereocenters. The Labute approximate surface area is 104 Å². The molecular formula is C12H13N5O. The van der Waals surface area contributed by atoms with Crippen LogP contribution in [0.2, 0.25) is 0 Å². The molecule has 0 aliphatic heterocycles. The minimum absolute atomic E-state index is 0.261. The first-order valence-electron chi connectivity index (χ1n) is 5.34. The summed E-state index contributed by atoms with van der Waals surface area (Å²) in [6.45, 7) is 0. The Morgan fingerprint density at radius 1 is 1.39 bits per heavy atom. The van der Waals surface area contributed by atoms with Gasteiger partial charge in [0, 0.05) is 18.8 Å². The van der Waals surface area contributed by atoms with Crippen LogP contribution < -0.4 is 11.1 Å². The van der Waals surface area contributed by atoms with Gasteiger partial charge in [-0.05, 0) is 23.8 Å². The van der Waals surface area contributed by atoms with Gasteiger partial charge in [-0.25, -0.2) is 4.68 Å². The molecule has 0 saturated carbocycles. The molecule has 1 aromatic carbocycles. The summed E-state index contributed by atoms with van der Waals surface area (Å²) in [5.41, 5.74) is 7.16. The van der Waals surface area contributed by atoms with Crippen LogP contribution in [0.15, 0.2) is 36.7 Å². The summed E-state index contributed by atoms with van der Waals surface area (Å²) in [5, 5.41) is 6.46. The number of aryl methyl sites for hydroxylation is 1. The fourth-order valence-electron chi connectivity index (χ4n) is 1.34. The van der Waals surface area contributed by atoms with Crippen molar-refractivity contribution in [2.24, 2.45) is 7.05 Å². The van der Waals surface area contributed by atoms with E-state index in [1.807, 2.05) is 12.1 Å². The third kappa shape index (κ3) is 2.94. The molecule has 0 radical (unpaired) electrons. The Morgan fingerprint density at radius 2 is 2.11 bits per heavy atom. The quantitative estimate of drug-likeness (QED) is 0.623. The van der Waals surface area contributed by atoms with Crippen molar-refractivity contribution in [3.8, 4) is 0 Å². The summed E-state index contributed by atoms with van der Waals surface area (Å²) in [7, 11) is 1.70. The van der Waals surface area contributed by atoms with E-state index in [0.29, 0.717) is 11.6 Å². The maximum absolute atomic E-state index is 11.6. The Bertz CT molecular complexity index is 570. The molecule has 2 aromatic rings. The lowest BCUT2D eigenvalue weighted by atomic mass is 10.2. The molecule has 6 nitrogen and oxygen atoms in total. The van der Waals surface area contributed by atoms with Crippen molar-refractivity contribution in [2.75, 3.05) is 11.1 Å². The minimum atomic E-state index is -0.261. The lowest BCUT2D eigenvalue weighted by Gasteiger charge is -1.99. The molecule has 0 saturated heterocycles. The summed E-state index contributed by atoms with van der Waals surface area (Å²) in [6, 6.07) is 7.23. The van der Waals surface area contributed by atoms with Gasteiger partial charge in [0.2, 0.25) is 5.95 Å². The van der Waals surface area contributed by atoms with Crippen molar-refractivity contribution in [1.29, 1.82) is 0 Å². The largest absolute Gasteiger partial charge is 0.399 e. The fourth-order valence-corrected chi connectivity index (χ4v) is 1.34. The Balaban J connectivity index is 1.99. The van der Waals surface area contributed by atoms with Gasteiger partial charge in [-0.2, -0.15) is 10.1 Å². The number of aromatic nitrogens is 3. The highest BCUT2D eigenvalue weighted by molar-refractivity contribution is 6.00. The van der Waals surface area contributed by atoms with Crippen LogP contribution in [-0.4, -0.2) is 20.7 Å². The standard InChI is InChI=1S/C12H13N5O/c1-17-12(14-8-15-17)16-11(18)7-4-9-2-5-10(13)6-3-9/h2-8H,13H2,1H3,(H,14,15,16,18)/b7-4+. The number of anilines is 2.